The summed E-state index contributed by atoms with van der Waals surface area (Å²) in [4.78, 5) is 17.5. The van der Waals surface area contributed by atoms with Crippen LogP contribution in [0.2, 0.25) is 0 Å². The van der Waals surface area contributed by atoms with Gasteiger partial charge in [-0.05, 0) is 34.7 Å². The van der Waals surface area contributed by atoms with Gasteiger partial charge < -0.3 is 10.6 Å². The Kier molecular flexibility index (Phi) is 9.18. The molecule has 0 bridgehead atoms. The van der Waals surface area contributed by atoms with E-state index >= 15 is 0 Å². The Hall–Kier alpha value is -2.89. The van der Waals surface area contributed by atoms with Gasteiger partial charge in [-0.2, -0.15) is 0 Å². The third kappa shape index (κ3) is 7.50. The van der Waals surface area contributed by atoms with Gasteiger partial charge in [-0.3, -0.25) is 4.84 Å². The Morgan fingerprint density at radius 3 is 2.33 bits per heavy atom. The van der Waals surface area contributed by atoms with Gasteiger partial charge >= 0.3 is 6.03 Å². The lowest BCUT2D eigenvalue weighted by atomic mass is 10.0. The van der Waals surface area contributed by atoms with Crippen molar-refractivity contribution in [3.8, 4) is 0 Å². The van der Waals surface area contributed by atoms with Crippen LogP contribution in [-0.4, -0.2) is 19.1 Å². The maximum atomic E-state index is 12.0. The predicted molar refractivity (Wildman–Crippen MR) is 122 cm³/mol. The second kappa shape index (κ2) is 12.6. The number of carbonyl (C=O) groups is 1. The van der Waals surface area contributed by atoms with E-state index in [1.165, 1.54) is 10.8 Å². The number of unbranched alkanes of at least 4 members (excludes halogenated alkanes) is 3. The second-order valence-corrected chi connectivity index (χ2v) is 7.33. The number of hydrogen-bond donors (Lipinski definition) is 3. The van der Waals surface area contributed by atoms with E-state index in [1.54, 1.807) is 0 Å². The van der Waals surface area contributed by atoms with Crippen LogP contribution in [-0.2, 0) is 18.0 Å². The fraction of sp³-hybridized carbons (Fsp3) is 0.320. The first-order chi connectivity index (χ1) is 14.8. The number of hydrogen-bond acceptors (Lipinski definition) is 3. The minimum Gasteiger partial charge on any atom is -0.338 e. The molecule has 0 heterocycles. The van der Waals surface area contributed by atoms with Crippen molar-refractivity contribution in [2.24, 2.45) is 0 Å². The van der Waals surface area contributed by atoms with Gasteiger partial charge in [-0.25, -0.2) is 10.3 Å². The molecule has 3 aromatic carbocycles. The van der Waals surface area contributed by atoms with Crippen molar-refractivity contribution in [1.29, 1.82) is 0 Å². The van der Waals surface area contributed by atoms with Gasteiger partial charge in [-0.1, -0.05) is 85.6 Å². The zero-order chi connectivity index (χ0) is 20.9. The van der Waals surface area contributed by atoms with Crippen LogP contribution in [0.5, 0.6) is 0 Å². The highest BCUT2D eigenvalue weighted by Crippen LogP contribution is 2.18. The maximum absolute atomic E-state index is 12.0. The topological polar surface area (TPSA) is 62.4 Å². The van der Waals surface area contributed by atoms with Gasteiger partial charge in [-0.15, -0.1) is 0 Å². The first-order valence-corrected chi connectivity index (χ1v) is 10.7. The normalized spacial score (nSPS) is 10.8. The molecule has 0 unspecified atom stereocenters. The summed E-state index contributed by atoms with van der Waals surface area (Å²) in [6, 6.07) is 24.4. The number of amides is 2. The van der Waals surface area contributed by atoms with Gasteiger partial charge in [0.2, 0.25) is 0 Å². The maximum Gasteiger partial charge on any atom is 0.315 e. The summed E-state index contributed by atoms with van der Waals surface area (Å²) in [6.45, 7) is 2.64. The molecule has 0 saturated carbocycles. The number of fused-ring (bicyclic) bond motifs is 1. The molecule has 5 heteroatoms. The van der Waals surface area contributed by atoms with E-state index in [4.69, 9.17) is 4.84 Å². The second-order valence-electron chi connectivity index (χ2n) is 7.33. The van der Waals surface area contributed by atoms with Gasteiger partial charge in [0.15, 0.2) is 0 Å². The Morgan fingerprint density at radius 1 is 0.733 bits per heavy atom. The van der Waals surface area contributed by atoms with Gasteiger partial charge in [0.1, 0.15) is 0 Å². The summed E-state index contributed by atoms with van der Waals surface area (Å²) in [5.41, 5.74) is 5.30. The molecule has 5 nitrogen and oxygen atoms in total. The Morgan fingerprint density at radius 2 is 1.47 bits per heavy atom. The summed E-state index contributed by atoms with van der Waals surface area (Å²) in [5, 5.41) is 8.27. The SMILES string of the molecule is O=C(NCCCCCCNOCc1ccccc1)NCc1cccc2ccccc12. The number of nitrogens with one attached hydrogen (secondary N) is 3. The van der Waals surface area contributed by atoms with E-state index < -0.39 is 0 Å². The highest BCUT2D eigenvalue weighted by molar-refractivity contribution is 5.86. The zero-order valence-electron chi connectivity index (χ0n) is 17.4. The molecule has 0 spiro atoms. The molecule has 2 amide bonds. The molecule has 0 aliphatic heterocycles. The van der Waals surface area contributed by atoms with Crippen molar-refractivity contribution < 1.29 is 9.63 Å². The molecule has 3 rings (SSSR count). The molecular formula is C25H31N3O2. The summed E-state index contributed by atoms with van der Waals surface area (Å²) in [5.74, 6) is 0. The molecule has 0 aliphatic rings. The van der Waals surface area contributed by atoms with Crippen LogP contribution in [0.25, 0.3) is 10.8 Å². The third-order valence-electron chi connectivity index (χ3n) is 4.99. The minimum absolute atomic E-state index is 0.112. The van der Waals surface area contributed by atoms with E-state index in [9.17, 15) is 4.79 Å². The minimum atomic E-state index is -0.112. The molecule has 0 atom stereocenters. The van der Waals surface area contributed by atoms with Gasteiger partial charge in [0, 0.05) is 19.6 Å². The highest BCUT2D eigenvalue weighted by Gasteiger charge is 2.03. The van der Waals surface area contributed by atoms with E-state index in [2.05, 4.69) is 40.4 Å². The average Bonchev–Trinajstić information content (AvgIpc) is 2.79. The number of carbonyl (C=O) groups excluding carboxylic acids is 1. The monoisotopic (exact) mass is 405 g/mol. The van der Waals surface area contributed by atoms with Crippen LogP contribution in [0.1, 0.15) is 36.8 Å². The summed E-state index contributed by atoms with van der Waals surface area (Å²) in [6.07, 6.45) is 4.24. The number of benzene rings is 3. The van der Waals surface area contributed by atoms with Crippen LogP contribution in [0.3, 0.4) is 0 Å². The molecule has 30 heavy (non-hydrogen) atoms. The summed E-state index contributed by atoms with van der Waals surface area (Å²) >= 11 is 0. The number of rotatable bonds is 12. The van der Waals surface area contributed by atoms with Crippen LogP contribution in [0, 0.1) is 0 Å². The first-order valence-electron chi connectivity index (χ1n) is 10.7. The van der Waals surface area contributed by atoms with Crippen LogP contribution in [0.4, 0.5) is 4.79 Å². The van der Waals surface area contributed by atoms with Crippen molar-refractivity contribution in [2.75, 3.05) is 13.1 Å². The molecule has 0 radical (unpaired) electrons. The Balaban J connectivity index is 1.18. The fourth-order valence-electron chi connectivity index (χ4n) is 3.34. The standard InChI is InChI=1S/C25H31N3O2/c29-25(27-19-23-15-10-14-22-13-6-7-16-24(22)23)26-17-8-1-2-9-18-28-30-20-21-11-4-3-5-12-21/h3-7,10-16,28H,1-2,8-9,17-20H2,(H2,26,27,29). The zero-order valence-corrected chi connectivity index (χ0v) is 17.4. The van der Waals surface area contributed by atoms with Crippen LogP contribution in [0.15, 0.2) is 72.8 Å². The van der Waals surface area contributed by atoms with Gasteiger partial charge in [0.05, 0.1) is 6.61 Å². The van der Waals surface area contributed by atoms with Crippen LogP contribution < -0.4 is 16.1 Å². The summed E-state index contributed by atoms with van der Waals surface area (Å²) < 4.78 is 0. The van der Waals surface area contributed by atoms with Crippen molar-refractivity contribution in [2.45, 2.75) is 38.8 Å². The molecule has 0 aromatic heterocycles. The predicted octanol–water partition coefficient (Wildman–Crippen LogP) is 4.92. The highest BCUT2D eigenvalue weighted by atomic mass is 16.6. The Bertz CT molecular complexity index is 894. The van der Waals surface area contributed by atoms with Crippen molar-refractivity contribution in [3.05, 3.63) is 83.9 Å². The lowest BCUT2D eigenvalue weighted by Gasteiger charge is -2.10. The molecule has 3 N–H and O–H groups in total. The van der Waals surface area contributed by atoms with E-state index in [0.717, 1.165) is 43.4 Å². The van der Waals surface area contributed by atoms with Crippen molar-refractivity contribution in [3.63, 3.8) is 0 Å². The molecule has 3 aromatic rings. The number of urea groups is 1. The van der Waals surface area contributed by atoms with Crippen LogP contribution >= 0.6 is 0 Å². The van der Waals surface area contributed by atoms with Crippen molar-refractivity contribution in [1.82, 2.24) is 16.1 Å². The average molecular weight is 406 g/mol. The van der Waals surface area contributed by atoms with E-state index in [-0.39, 0.29) is 6.03 Å². The molecular weight excluding hydrogens is 374 g/mol. The third-order valence-corrected chi connectivity index (χ3v) is 4.99. The molecule has 0 saturated heterocycles. The smallest absolute Gasteiger partial charge is 0.315 e. The Labute approximate surface area is 178 Å². The van der Waals surface area contributed by atoms with E-state index in [1.807, 2.05) is 48.5 Å². The van der Waals surface area contributed by atoms with E-state index in [0.29, 0.717) is 19.7 Å². The first kappa shape index (κ1) is 21.8. The fourth-order valence-corrected chi connectivity index (χ4v) is 3.34. The largest absolute Gasteiger partial charge is 0.338 e. The summed E-state index contributed by atoms with van der Waals surface area (Å²) in [7, 11) is 0. The quantitative estimate of drug-likeness (QED) is 0.296. The molecule has 0 fully saturated rings. The molecule has 158 valence electrons. The van der Waals surface area contributed by atoms with Crippen molar-refractivity contribution >= 4 is 16.8 Å². The lowest BCUT2D eigenvalue weighted by molar-refractivity contribution is 0.0272. The lowest BCUT2D eigenvalue weighted by Crippen LogP contribution is -2.35. The number of hydroxylamine groups is 1. The van der Waals surface area contributed by atoms with Gasteiger partial charge in [0.25, 0.3) is 0 Å². The molecule has 0 aliphatic carbocycles.